The predicted octanol–water partition coefficient (Wildman–Crippen LogP) is 3.77. The molecular formula is C20H20N2O5S. The van der Waals surface area contributed by atoms with E-state index in [-0.39, 0.29) is 12.2 Å². The minimum Gasteiger partial charge on any atom is -0.493 e. The summed E-state index contributed by atoms with van der Waals surface area (Å²) in [4.78, 5) is 24.6. The Morgan fingerprint density at radius 3 is 2.57 bits per heavy atom. The number of carbonyl (C=O) groups is 2. The highest BCUT2D eigenvalue weighted by molar-refractivity contribution is 7.18. The van der Waals surface area contributed by atoms with Crippen LogP contribution in [0.4, 0.5) is 5.00 Å². The quantitative estimate of drug-likeness (QED) is 0.561. The maximum atomic E-state index is 12.3. The first-order chi connectivity index (χ1) is 13.4. The first-order valence-corrected chi connectivity index (χ1v) is 9.18. The molecule has 2 rings (SSSR count). The normalized spacial score (nSPS) is 10.4. The first kappa shape index (κ1) is 21.0. The molecule has 146 valence electrons. The number of methoxy groups -OCH3 is 2. The largest absolute Gasteiger partial charge is 0.493 e. The van der Waals surface area contributed by atoms with Gasteiger partial charge in [-0.2, -0.15) is 5.26 Å². The van der Waals surface area contributed by atoms with Gasteiger partial charge in [-0.25, -0.2) is 4.79 Å². The van der Waals surface area contributed by atoms with E-state index in [1.54, 1.807) is 45.2 Å². The molecule has 1 aromatic heterocycles. The van der Waals surface area contributed by atoms with E-state index in [4.69, 9.17) is 14.2 Å². The SMILES string of the molecule is CCOC(=O)c1sc(NC(=O)/C=C\c2ccc(OC)c(OC)c2)c(C#N)c1C. The molecule has 0 fully saturated rings. The minimum absolute atomic E-state index is 0.230. The number of ether oxygens (including phenoxy) is 3. The first-order valence-electron chi connectivity index (χ1n) is 8.36. The molecule has 28 heavy (non-hydrogen) atoms. The second-order valence-corrected chi connectivity index (χ2v) is 6.55. The van der Waals surface area contributed by atoms with Crippen molar-refractivity contribution in [1.29, 1.82) is 5.26 Å². The summed E-state index contributed by atoms with van der Waals surface area (Å²) < 4.78 is 15.4. The molecule has 0 atom stereocenters. The average Bonchev–Trinajstić information content (AvgIpc) is 3.01. The number of nitriles is 1. The van der Waals surface area contributed by atoms with Crippen LogP contribution in [0.3, 0.4) is 0 Å². The third-order valence-corrected chi connectivity index (χ3v) is 4.98. The molecule has 0 aliphatic heterocycles. The number of nitrogens with one attached hydrogen (secondary N) is 1. The van der Waals surface area contributed by atoms with E-state index in [9.17, 15) is 14.9 Å². The van der Waals surface area contributed by atoms with Gasteiger partial charge >= 0.3 is 5.97 Å². The van der Waals surface area contributed by atoms with Crippen LogP contribution in [0, 0.1) is 18.3 Å². The number of rotatable bonds is 7. The number of anilines is 1. The Kier molecular flexibility index (Phi) is 7.18. The number of amides is 1. The third kappa shape index (κ3) is 4.69. The molecule has 7 nitrogen and oxygen atoms in total. The fourth-order valence-corrected chi connectivity index (χ4v) is 3.46. The van der Waals surface area contributed by atoms with Gasteiger partial charge in [0, 0.05) is 6.08 Å². The summed E-state index contributed by atoms with van der Waals surface area (Å²) in [7, 11) is 3.07. The Morgan fingerprint density at radius 2 is 1.96 bits per heavy atom. The van der Waals surface area contributed by atoms with Crippen LogP contribution in [-0.4, -0.2) is 32.7 Å². The number of hydrogen-bond acceptors (Lipinski definition) is 7. The summed E-state index contributed by atoms with van der Waals surface area (Å²) in [5.74, 6) is 0.193. The molecule has 0 aliphatic rings. The Hall–Kier alpha value is -3.31. The highest BCUT2D eigenvalue weighted by atomic mass is 32.1. The van der Waals surface area contributed by atoms with E-state index in [0.717, 1.165) is 16.9 Å². The van der Waals surface area contributed by atoms with Crippen LogP contribution in [0.15, 0.2) is 24.3 Å². The summed E-state index contributed by atoms with van der Waals surface area (Å²) in [6.45, 7) is 3.58. The maximum absolute atomic E-state index is 12.3. The van der Waals surface area contributed by atoms with Crippen LogP contribution >= 0.6 is 11.3 Å². The molecule has 1 aromatic carbocycles. The lowest BCUT2D eigenvalue weighted by molar-refractivity contribution is -0.111. The second kappa shape index (κ2) is 9.58. The zero-order valence-corrected chi connectivity index (χ0v) is 16.8. The van der Waals surface area contributed by atoms with Crippen molar-refractivity contribution in [2.45, 2.75) is 13.8 Å². The van der Waals surface area contributed by atoms with E-state index in [1.807, 2.05) is 6.07 Å². The van der Waals surface area contributed by atoms with Gasteiger partial charge < -0.3 is 19.5 Å². The minimum atomic E-state index is -0.511. The van der Waals surface area contributed by atoms with E-state index < -0.39 is 11.9 Å². The number of carbonyl (C=O) groups excluding carboxylic acids is 2. The van der Waals surface area contributed by atoms with Crippen LogP contribution in [0.1, 0.15) is 33.3 Å². The van der Waals surface area contributed by atoms with Gasteiger partial charge in [-0.05, 0) is 43.2 Å². The summed E-state index contributed by atoms with van der Waals surface area (Å²) >= 11 is 1.02. The van der Waals surface area contributed by atoms with Gasteiger partial charge in [0.05, 0.1) is 26.4 Å². The maximum Gasteiger partial charge on any atom is 0.348 e. The fourth-order valence-electron chi connectivity index (χ4n) is 2.41. The highest BCUT2D eigenvalue weighted by Crippen LogP contribution is 2.33. The Balaban J connectivity index is 2.19. The van der Waals surface area contributed by atoms with Crippen molar-refractivity contribution in [3.05, 3.63) is 45.8 Å². The molecule has 0 unspecified atom stereocenters. The van der Waals surface area contributed by atoms with Gasteiger partial charge in [-0.3, -0.25) is 4.79 Å². The molecule has 1 amide bonds. The van der Waals surface area contributed by atoms with Crippen molar-refractivity contribution in [3.63, 3.8) is 0 Å². The number of benzene rings is 1. The molecule has 0 saturated heterocycles. The van der Waals surface area contributed by atoms with Gasteiger partial charge in [0.1, 0.15) is 15.9 Å². The van der Waals surface area contributed by atoms with Gasteiger partial charge in [-0.1, -0.05) is 6.07 Å². The molecule has 0 bridgehead atoms. The van der Waals surface area contributed by atoms with Gasteiger partial charge in [-0.15, -0.1) is 11.3 Å². The third-order valence-electron chi connectivity index (χ3n) is 3.79. The van der Waals surface area contributed by atoms with E-state index in [2.05, 4.69) is 5.32 Å². The molecule has 0 radical (unpaired) electrons. The lowest BCUT2D eigenvalue weighted by atomic mass is 10.1. The molecule has 2 aromatic rings. The highest BCUT2D eigenvalue weighted by Gasteiger charge is 2.21. The number of hydrogen-bond donors (Lipinski definition) is 1. The van der Waals surface area contributed by atoms with Crippen molar-refractivity contribution < 1.29 is 23.8 Å². The van der Waals surface area contributed by atoms with Crippen LogP contribution in [0.25, 0.3) is 6.08 Å². The van der Waals surface area contributed by atoms with Crippen LogP contribution in [-0.2, 0) is 9.53 Å². The Labute approximate surface area is 167 Å². The molecule has 8 heteroatoms. The van der Waals surface area contributed by atoms with Crippen molar-refractivity contribution >= 4 is 34.3 Å². The van der Waals surface area contributed by atoms with Crippen molar-refractivity contribution in [1.82, 2.24) is 0 Å². The van der Waals surface area contributed by atoms with Crippen LogP contribution in [0.2, 0.25) is 0 Å². The molecule has 0 aliphatic carbocycles. The summed E-state index contributed by atoms with van der Waals surface area (Å²) in [5, 5.41) is 12.3. The average molecular weight is 400 g/mol. The standard InChI is InChI=1S/C20H20N2O5S/c1-5-27-20(24)18-12(2)14(11-21)19(28-18)22-17(23)9-7-13-6-8-15(25-3)16(10-13)26-4/h6-10H,5H2,1-4H3,(H,22,23)/b9-7-. The topological polar surface area (TPSA) is 97.7 Å². The van der Waals surface area contributed by atoms with E-state index in [0.29, 0.717) is 26.9 Å². The second-order valence-electron chi connectivity index (χ2n) is 5.53. The Morgan fingerprint density at radius 1 is 1.25 bits per heavy atom. The molecular weight excluding hydrogens is 380 g/mol. The van der Waals surface area contributed by atoms with Crippen LogP contribution < -0.4 is 14.8 Å². The van der Waals surface area contributed by atoms with E-state index >= 15 is 0 Å². The van der Waals surface area contributed by atoms with Gasteiger partial charge in [0.25, 0.3) is 0 Å². The smallest absolute Gasteiger partial charge is 0.348 e. The van der Waals surface area contributed by atoms with Gasteiger partial charge in [0.2, 0.25) is 5.91 Å². The molecule has 0 saturated carbocycles. The summed E-state index contributed by atoms with van der Waals surface area (Å²) in [5.41, 5.74) is 1.48. The van der Waals surface area contributed by atoms with Crippen molar-refractivity contribution in [2.75, 3.05) is 26.1 Å². The lowest BCUT2D eigenvalue weighted by Crippen LogP contribution is -2.07. The number of nitrogens with zero attached hydrogens (tertiary/aromatic N) is 1. The van der Waals surface area contributed by atoms with Crippen LogP contribution in [0.5, 0.6) is 11.5 Å². The van der Waals surface area contributed by atoms with Gasteiger partial charge in [0.15, 0.2) is 11.5 Å². The molecule has 1 N–H and O–H groups in total. The van der Waals surface area contributed by atoms with Crippen molar-refractivity contribution in [3.8, 4) is 17.6 Å². The number of thiophene rings is 1. The zero-order chi connectivity index (χ0) is 20.7. The molecule has 0 spiro atoms. The fraction of sp³-hybridized carbons (Fsp3) is 0.250. The number of esters is 1. The molecule has 1 heterocycles. The summed E-state index contributed by atoms with van der Waals surface area (Å²) in [6.07, 6.45) is 2.94. The Bertz CT molecular complexity index is 956. The zero-order valence-electron chi connectivity index (χ0n) is 16.0. The monoisotopic (exact) mass is 400 g/mol. The lowest BCUT2D eigenvalue weighted by Gasteiger charge is -2.07. The predicted molar refractivity (Wildman–Crippen MR) is 107 cm³/mol. The van der Waals surface area contributed by atoms with Crippen molar-refractivity contribution in [2.24, 2.45) is 0 Å². The summed E-state index contributed by atoms with van der Waals surface area (Å²) in [6, 6.07) is 7.27. The van der Waals surface area contributed by atoms with E-state index in [1.165, 1.54) is 13.2 Å².